The molecule has 0 radical (unpaired) electrons. The first-order valence-corrected chi connectivity index (χ1v) is 7.91. The number of piperidine rings is 1. The molecule has 102 valence electrons. The summed E-state index contributed by atoms with van der Waals surface area (Å²) in [6.07, 6.45) is 3.96. The molecule has 1 atom stereocenters. The van der Waals surface area contributed by atoms with Gasteiger partial charge in [0, 0.05) is 23.5 Å². The minimum Gasteiger partial charge on any atom is -0.441 e. The normalized spacial score (nSPS) is 20.8. The highest BCUT2D eigenvalue weighted by Crippen LogP contribution is 2.26. The third-order valence-corrected chi connectivity index (χ3v) is 4.64. The minimum absolute atomic E-state index is 0.662. The fraction of sp³-hybridized carbons (Fsp3) is 0.533. The van der Waals surface area contributed by atoms with Crippen LogP contribution in [-0.2, 0) is 6.54 Å². The van der Waals surface area contributed by atoms with Crippen LogP contribution in [-0.4, -0.2) is 22.5 Å². The van der Waals surface area contributed by atoms with Gasteiger partial charge in [0.05, 0.1) is 5.69 Å². The molecule has 3 rings (SSSR count). The van der Waals surface area contributed by atoms with Crippen LogP contribution in [0.4, 0.5) is 0 Å². The zero-order chi connectivity index (χ0) is 13.2. The predicted octanol–water partition coefficient (Wildman–Crippen LogP) is 4.09. The van der Waals surface area contributed by atoms with E-state index in [1.807, 2.05) is 6.92 Å². The molecule has 0 bridgehead atoms. The first kappa shape index (κ1) is 12.9. The predicted molar refractivity (Wildman–Crippen MR) is 78.3 cm³/mol. The van der Waals surface area contributed by atoms with Gasteiger partial charge in [-0.3, -0.25) is 4.90 Å². The maximum absolute atomic E-state index is 5.80. The molecule has 19 heavy (non-hydrogen) atoms. The average molecular weight is 276 g/mol. The Balaban J connectivity index is 1.78. The summed E-state index contributed by atoms with van der Waals surface area (Å²) in [7, 11) is 0. The third kappa shape index (κ3) is 2.74. The van der Waals surface area contributed by atoms with E-state index in [1.54, 1.807) is 11.3 Å². The molecule has 0 amide bonds. The fourth-order valence-electron chi connectivity index (χ4n) is 2.67. The van der Waals surface area contributed by atoms with Crippen molar-refractivity contribution >= 4 is 11.3 Å². The standard InChI is InChI=1S/C15H20N2OS/c1-11-5-3-4-7-17(11)9-14-12(2)18-15(16-14)13-6-8-19-10-13/h6,8,10-11H,3-5,7,9H2,1-2H3/t11-/m0/s1. The molecule has 0 spiro atoms. The van der Waals surface area contributed by atoms with Crippen molar-refractivity contribution in [2.24, 2.45) is 0 Å². The Labute approximate surface area is 118 Å². The van der Waals surface area contributed by atoms with Crippen molar-refractivity contribution in [2.45, 2.75) is 45.7 Å². The van der Waals surface area contributed by atoms with Crippen LogP contribution >= 0.6 is 11.3 Å². The molecule has 0 saturated carbocycles. The number of oxazole rings is 1. The van der Waals surface area contributed by atoms with E-state index in [2.05, 4.69) is 33.6 Å². The quantitative estimate of drug-likeness (QED) is 0.845. The van der Waals surface area contributed by atoms with E-state index in [4.69, 9.17) is 4.42 Å². The smallest absolute Gasteiger partial charge is 0.227 e. The Kier molecular flexibility index (Phi) is 3.71. The molecule has 1 saturated heterocycles. The Bertz CT molecular complexity index is 532. The number of nitrogens with zero attached hydrogens (tertiary/aromatic N) is 2. The van der Waals surface area contributed by atoms with Crippen molar-refractivity contribution in [2.75, 3.05) is 6.54 Å². The Morgan fingerprint density at radius 1 is 1.47 bits per heavy atom. The topological polar surface area (TPSA) is 29.3 Å². The molecule has 1 aliphatic rings. The van der Waals surface area contributed by atoms with Gasteiger partial charge in [-0.15, -0.1) is 0 Å². The summed E-state index contributed by atoms with van der Waals surface area (Å²) in [5.74, 6) is 1.72. The van der Waals surface area contributed by atoms with Crippen LogP contribution in [0.25, 0.3) is 11.5 Å². The van der Waals surface area contributed by atoms with Gasteiger partial charge in [-0.1, -0.05) is 6.42 Å². The molecule has 2 aromatic rings. The van der Waals surface area contributed by atoms with Crippen molar-refractivity contribution in [3.05, 3.63) is 28.3 Å². The van der Waals surface area contributed by atoms with Gasteiger partial charge >= 0.3 is 0 Å². The highest BCUT2D eigenvalue weighted by molar-refractivity contribution is 7.08. The Hall–Kier alpha value is -1.13. The van der Waals surface area contributed by atoms with Crippen molar-refractivity contribution in [1.29, 1.82) is 0 Å². The van der Waals surface area contributed by atoms with Crippen LogP contribution in [0.2, 0.25) is 0 Å². The molecule has 0 unspecified atom stereocenters. The van der Waals surface area contributed by atoms with Gasteiger partial charge in [-0.2, -0.15) is 11.3 Å². The van der Waals surface area contributed by atoms with E-state index in [9.17, 15) is 0 Å². The minimum atomic E-state index is 0.662. The molecule has 0 aliphatic carbocycles. The number of rotatable bonds is 3. The van der Waals surface area contributed by atoms with Crippen LogP contribution in [0.15, 0.2) is 21.2 Å². The van der Waals surface area contributed by atoms with Crippen LogP contribution < -0.4 is 0 Å². The summed E-state index contributed by atoms with van der Waals surface area (Å²) >= 11 is 1.68. The summed E-state index contributed by atoms with van der Waals surface area (Å²) in [5, 5.41) is 4.14. The summed E-state index contributed by atoms with van der Waals surface area (Å²) < 4.78 is 5.80. The van der Waals surface area contributed by atoms with E-state index < -0.39 is 0 Å². The molecular formula is C15H20N2OS. The maximum Gasteiger partial charge on any atom is 0.227 e. The molecule has 2 aromatic heterocycles. The van der Waals surface area contributed by atoms with Crippen LogP contribution in [0.3, 0.4) is 0 Å². The second kappa shape index (κ2) is 5.47. The van der Waals surface area contributed by atoms with Crippen LogP contribution in [0.5, 0.6) is 0 Å². The Morgan fingerprint density at radius 3 is 3.11 bits per heavy atom. The number of thiophene rings is 1. The van der Waals surface area contributed by atoms with Crippen LogP contribution in [0, 0.1) is 6.92 Å². The summed E-state index contributed by atoms with van der Waals surface area (Å²) in [6.45, 7) is 6.43. The third-order valence-electron chi connectivity index (χ3n) is 3.95. The van der Waals surface area contributed by atoms with Gasteiger partial charge < -0.3 is 4.42 Å². The summed E-state index contributed by atoms with van der Waals surface area (Å²) in [4.78, 5) is 7.20. The van der Waals surface area contributed by atoms with Crippen LogP contribution in [0.1, 0.15) is 37.6 Å². The molecule has 1 fully saturated rings. The summed E-state index contributed by atoms with van der Waals surface area (Å²) in [5.41, 5.74) is 2.18. The average Bonchev–Trinajstić information content (AvgIpc) is 3.02. The zero-order valence-corrected chi connectivity index (χ0v) is 12.4. The lowest BCUT2D eigenvalue weighted by molar-refractivity contribution is 0.150. The lowest BCUT2D eigenvalue weighted by Crippen LogP contribution is -2.37. The van der Waals surface area contributed by atoms with Gasteiger partial charge in [-0.05, 0) is 44.7 Å². The van der Waals surface area contributed by atoms with Gasteiger partial charge in [0.1, 0.15) is 5.76 Å². The number of aryl methyl sites for hydroxylation is 1. The van der Waals surface area contributed by atoms with Gasteiger partial charge in [0.15, 0.2) is 0 Å². The second-order valence-electron chi connectivity index (χ2n) is 5.35. The molecule has 1 aliphatic heterocycles. The van der Waals surface area contributed by atoms with E-state index in [0.717, 1.165) is 29.5 Å². The van der Waals surface area contributed by atoms with E-state index in [1.165, 1.54) is 25.8 Å². The molecule has 4 heteroatoms. The van der Waals surface area contributed by atoms with Gasteiger partial charge in [-0.25, -0.2) is 4.98 Å². The van der Waals surface area contributed by atoms with Crippen molar-refractivity contribution in [3.63, 3.8) is 0 Å². The highest BCUT2D eigenvalue weighted by atomic mass is 32.1. The fourth-order valence-corrected chi connectivity index (χ4v) is 3.30. The van der Waals surface area contributed by atoms with Gasteiger partial charge in [0.25, 0.3) is 0 Å². The number of hydrogen-bond acceptors (Lipinski definition) is 4. The monoisotopic (exact) mass is 276 g/mol. The molecule has 3 heterocycles. The van der Waals surface area contributed by atoms with Gasteiger partial charge in [0.2, 0.25) is 5.89 Å². The van der Waals surface area contributed by atoms with Crippen molar-refractivity contribution in [1.82, 2.24) is 9.88 Å². The first-order chi connectivity index (χ1) is 9.24. The molecule has 0 aromatic carbocycles. The first-order valence-electron chi connectivity index (χ1n) is 6.97. The highest BCUT2D eigenvalue weighted by Gasteiger charge is 2.21. The summed E-state index contributed by atoms with van der Waals surface area (Å²) in [6, 6.07) is 2.72. The van der Waals surface area contributed by atoms with E-state index in [-0.39, 0.29) is 0 Å². The number of likely N-dealkylation sites (tertiary alicyclic amines) is 1. The van der Waals surface area contributed by atoms with Crippen molar-refractivity contribution in [3.8, 4) is 11.5 Å². The maximum atomic E-state index is 5.80. The lowest BCUT2D eigenvalue weighted by atomic mass is 10.0. The largest absolute Gasteiger partial charge is 0.441 e. The van der Waals surface area contributed by atoms with E-state index >= 15 is 0 Å². The lowest BCUT2D eigenvalue weighted by Gasteiger charge is -2.32. The SMILES string of the molecule is Cc1oc(-c2ccsc2)nc1CN1CCCC[C@@H]1C. The Morgan fingerprint density at radius 2 is 2.37 bits per heavy atom. The number of hydrogen-bond donors (Lipinski definition) is 0. The van der Waals surface area contributed by atoms with E-state index in [0.29, 0.717) is 6.04 Å². The zero-order valence-electron chi connectivity index (χ0n) is 11.6. The molecule has 3 nitrogen and oxygen atoms in total. The molecule has 0 N–H and O–H groups in total. The number of aromatic nitrogens is 1. The van der Waals surface area contributed by atoms with Crippen molar-refractivity contribution < 1.29 is 4.42 Å². The molecular weight excluding hydrogens is 256 g/mol. The second-order valence-corrected chi connectivity index (χ2v) is 6.13.